The van der Waals surface area contributed by atoms with Crippen molar-refractivity contribution in [3.8, 4) is 6.07 Å². The second-order valence-electron chi connectivity index (χ2n) is 12.0. The molecule has 2 aliphatic rings. The molecule has 0 unspecified atom stereocenters. The van der Waals surface area contributed by atoms with Crippen molar-refractivity contribution in [2.45, 2.75) is 57.2 Å². The first-order valence-electron chi connectivity index (χ1n) is 14.4. The van der Waals surface area contributed by atoms with E-state index in [0.29, 0.717) is 21.2 Å². The van der Waals surface area contributed by atoms with Gasteiger partial charge in [-0.3, -0.25) is 9.59 Å². The molecule has 1 saturated carbocycles. The predicted molar refractivity (Wildman–Crippen MR) is 169 cm³/mol. The molecule has 0 bridgehead atoms. The fourth-order valence-corrected chi connectivity index (χ4v) is 7.45. The van der Waals surface area contributed by atoms with Gasteiger partial charge in [-0.1, -0.05) is 72.6 Å². The minimum Gasteiger partial charge on any atom is -0.481 e. The van der Waals surface area contributed by atoms with Crippen molar-refractivity contribution >= 4 is 46.0 Å². The van der Waals surface area contributed by atoms with Crippen molar-refractivity contribution in [3.63, 3.8) is 0 Å². The fourth-order valence-electron chi connectivity index (χ4n) is 6.56. The number of halogens is 2. The molecule has 1 heterocycles. The van der Waals surface area contributed by atoms with E-state index in [1.165, 1.54) is 4.31 Å². The molecule has 1 aliphatic carbocycles. The van der Waals surface area contributed by atoms with Gasteiger partial charge in [-0.05, 0) is 72.2 Å². The molecule has 11 heteroatoms. The second kappa shape index (κ2) is 13.3. The van der Waals surface area contributed by atoms with Crippen molar-refractivity contribution < 1.29 is 23.1 Å². The van der Waals surface area contributed by atoms with Gasteiger partial charge in [0.2, 0.25) is 16.8 Å². The van der Waals surface area contributed by atoms with Crippen LogP contribution in [0.15, 0.2) is 72.8 Å². The molecule has 0 spiro atoms. The van der Waals surface area contributed by atoms with Crippen molar-refractivity contribution in [1.29, 1.82) is 5.26 Å². The third-order valence-corrected chi connectivity index (χ3v) is 10.0. The normalized spacial score (nSPS) is 22.6. The zero-order valence-corrected chi connectivity index (χ0v) is 26.5. The average molecular weight is 655 g/mol. The average Bonchev–Trinajstić information content (AvgIpc) is 3.82. The Hall–Kier alpha value is -3.42. The zero-order chi connectivity index (χ0) is 31.6. The number of likely N-dealkylation sites (tertiary alicyclic amines) is 1. The van der Waals surface area contributed by atoms with Gasteiger partial charge in [0.25, 0.3) is 0 Å². The molecule has 1 saturated heterocycles. The number of hydrogen-bond acceptors (Lipinski definition) is 5. The molecule has 44 heavy (non-hydrogen) atoms. The van der Waals surface area contributed by atoms with Crippen LogP contribution in [0.25, 0.3) is 0 Å². The molecule has 2 fully saturated rings. The molecule has 230 valence electrons. The molecule has 1 amide bonds. The zero-order valence-electron chi connectivity index (χ0n) is 24.1. The molecule has 3 aromatic rings. The van der Waals surface area contributed by atoms with E-state index in [0.717, 1.165) is 24.0 Å². The summed E-state index contributed by atoms with van der Waals surface area (Å²) >= 11 is 12.7. The van der Waals surface area contributed by atoms with E-state index in [2.05, 4.69) is 6.07 Å². The van der Waals surface area contributed by atoms with E-state index in [4.69, 9.17) is 23.2 Å². The first kappa shape index (κ1) is 32.0. The molecule has 0 aromatic heterocycles. The number of carbonyl (C=O) groups is 2. The fraction of sp³-hybridized carbons (Fsp3) is 0.364. The van der Waals surface area contributed by atoms with Crippen LogP contribution in [0.3, 0.4) is 0 Å². The van der Waals surface area contributed by atoms with Crippen LogP contribution >= 0.6 is 23.2 Å². The van der Waals surface area contributed by atoms with E-state index in [9.17, 15) is 28.4 Å². The van der Waals surface area contributed by atoms with Gasteiger partial charge in [0.05, 0.1) is 29.5 Å². The summed E-state index contributed by atoms with van der Waals surface area (Å²) < 4.78 is 26.7. The van der Waals surface area contributed by atoms with Gasteiger partial charge < -0.3 is 10.0 Å². The number of carboxylic acid groups (broad SMARTS) is 1. The first-order valence-corrected chi connectivity index (χ1v) is 16.3. The topological polar surface area (TPSA) is 119 Å². The van der Waals surface area contributed by atoms with Crippen LogP contribution in [0.4, 0.5) is 0 Å². The summed E-state index contributed by atoms with van der Waals surface area (Å²) in [5, 5.41) is 20.6. The number of carboxylic acids is 1. The lowest BCUT2D eigenvalue weighted by atomic mass is 9.67. The van der Waals surface area contributed by atoms with E-state index in [-0.39, 0.29) is 43.7 Å². The molecular weight excluding hydrogens is 621 g/mol. The maximum atomic E-state index is 14.7. The Labute approximate surface area is 268 Å². The number of aliphatic carboxylic acids is 1. The number of nitriles is 1. The van der Waals surface area contributed by atoms with Gasteiger partial charge in [-0.25, -0.2) is 8.42 Å². The Balaban J connectivity index is 1.65. The SMILES string of the molecule is C[C@]1(CC(=O)O)C[C@H](c2cccc(Cl)c2)[C@@H](c2ccc(Cl)cc2)N([C@H](CN(Cc2ccccc2C#N)[SH](=O)=O)C2CC2)C1=O. The van der Waals surface area contributed by atoms with Gasteiger partial charge in [0.1, 0.15) is 0 Å². The minimum atomic E-state index is -3.08. The van der Waals surface area contributed by atoms with Gasteiger partial charge in [0, 0.05) is 35.1 Å². The van der Waals surface area contributed by atoms with Gasteiger partial charge in [-0.2, -0.15) is 9.57 Å². The number of carbonyl (C=O) groups excluding carboxylic acids is 1. The van der Waals surface area contributed by atoms with Gasteiger partial charge in [-0.15, -0.1) is 0 Å². The quantitative estimate of drug-likeness (QED) is 0.238. The molecule has 1 N–H and O–H groups in total. The summed E-state index contributed by atoms with van der Waals surface area (Å²) in [5.74, 6) is -1.74. The lowest BCUT2D eigenvalue weighted by Gasteiger charge is -2.52. The smallest absolute Gasteiger partial charge is 0.304 e. The van der Waals surface area contributed by atoms with E-state index >= 15 is 0 Å². The third-order valence-electron chi connectivity index (χ3n) is 8.77. The highest BCUT2D eigenvalue weighted by molar-refractivity contribution is 7.69. The summed E-state index contributed by atoms with van der Waals surface area (Å²) in [6.07, 6.45) is 1.49. The number of thiol groups is 1. The van der Waals surface area contributed by atoms with Crippen LogP contribution in [0, 0.1) is 22.7 Å². The van der Waals surface area contributed by atoms with Crippen molar-refractivity contribution in [3.05, 3.63) is 105 Å². The number of nitrogens with zero attached hydrogens (tertiary/aromatic N) is 3. The van der Waals surface area contributed by atoms with Crippen LogP contribution in [-0.4, -0.2) is 47.2 Å². The van der Waals surface area contributed by atoms with Crippen LogP contribution in [0.2, 0.25) is 10.0 Å². The lowest BCUT2D eigenvalue weighted by Crippen LogP contribution is -2.58. The van der Waals surface area contributed by atoms with Crippen molar-refractivity contribution in [1.82, 2.24) is 9.21 Å². The van der Waals surface area contributed by atoms with Crippen LogP contribution in [0.1, 0.15) is 66.8 Å². The largest absolute Gasteiger partial charge is 0.481 e. The summed E-state index contributed by atoms with van der Waals surface area (Å²) in [6.45, 7) is 1.67. The molecule has 8 nitrogen and oxygen atoms in total. The van der Waals surface area contributed by atoms with E-state index < -0.39 is 34.4 Å². The Kier molecular flexibility index (Phi) is 9.66. The minimum absolute atomic E-state index is 0.00435. The Morgan fingerprint density at radius 2 is 1.77 bits per heavy atom. The van der Waals surface area contributed by atoms with Crippen molar-refractivity contribution in [2.75, 3.05) is 6.54 Å². The molecular formula is C33H33Cl2N3O5S. The van der Waals surface area contributed by atoms with Crippen LogP contribution in [0.5, 0.6) is 0 Å². The van der Waals surface area contributed by atoms with Crippen LogP contribution < -0.4 is 0 Å². The third kappa shape index (κ3) is 6.94. The standard InChI is InChI=1S/C33H33Cl2N3O5S/c1-33(17-30(39)40)16-28(23-7-4-8-27(35)15-23)31(22-11-13-26(34)14-12-22)38(32(33)41)29(21-9-10-21)20-37(44(42)43)19-25-6-3-2-5-24(25)18-36/h2-8,11-15,21,28-29,31,44H,9-10,16-17,19-20H2,1H3,(H,39,40)/t28-,29-,31-,33-/m1/s1. The number of rotatable bonds is 11. The molecule has 5 rings (SSSR count). The highest BCUT2D eigenvalue weighted by atomic mass is 35.5. The summed E-state index contributed by atoms with van der Waals surface area (Å²) in [5.41, 5.74) is 1.35. The second-order valence-corrected chi connectivity index (χ2v) is 13.9. The number of piperidine rings is 1. The lowest BCUT2D eigenvalue weighted by molar-refractivity contribution is -0.161. The summed E-state index contributed by atoms with van der Waals surface area (Å²) in [7, 11) is -3.08. The van der Waals surface area contributed by atoms with Crippen LogP contribution in [-0.2, 0) is 27.0 Å². The van der Waals surface area contributed by atoms with Gasteiger partial charge >= 0.3 is 5.97 Å². The highest BCUT2D eigenvalue weighted by Crippen LogP contribution is 2.54. The number of amides is 1. The van der Waals surface area contributed by atoms with E-state index in [1.54, 1.807) is 54.3 Å². The first-order chi connectivity index (χ1) is 21.0. The summed E-state index contributed by atoms with van der Waals surface area (Å²) in [4.78, 5) is 28.6. The van der Waals surface area contributed by atoms with Gasteiger partial charge in [0.15, 0.2) is 0 Å². The number of benzene rings is 3. The number of hydrogen-bond donors (Lipinski definition) is 2. The maximum Gasteiger partial charge on any atom is 0.304 e. The van der Waals surface area contributed by atoms with Crippen molar-refractivity contribution in [2.24, 2.45) is 11.3 Å². The maximum absolute atomic E-state index is 14.7. The predicted octanol–water partition coefficient (Wildman–Crippen LogP) is 6.21. The van der Waals surface area contributed by atoms with E-state index in [1.807, 2.05) is 30.3 Å². The molecule has 3 aromatic carbocycles. The molecule has 4 atom stereocenters. The Morgan fingerprint density at radius 1 is 1.07 bits per heavy atom. The Morgan fingerprint density at radius 3 is 2.39 bits per heavy atom. The highest BCUT2D eigenvalue weighted by Gasteiger charge is 2.54. The molecule has 1 aliphatic heterocycles. The molecule has 0 radical (unpaired) electrons. The summed E-state index contributed by atoms with van der Waals surface area (Å²) in [6, 6.07) is 22.5. The Bertz CT molecular complexity index is 1660. The monoisotopic (exact) mass is 653 g/mol.